The minimum absolute atomic E-state index is 0.0679. The van der Waals surface area contributed by atoms with Gasteiger partial charge in [0, 0.05) is 13.0 Å². The molecule has 5 unspecified atom stereocenters. The maximum absolute atomic E-state index is 12.2. The molecule has 3 rings (SSSR count). The maximum atomic E-state index is 12.2. The van der Waals surface area contributed by atoms with Gasteiger partial charge in [0.15, 0.2) is 5.78 Å². The van der Waals surface area contributed by atoms with Crippen LogP contribution in [0.5, 0.6) is 0 Å². The summed E-state index contributed by atoms with van der Waals surface area (Å²) in [7, 11) is 0. The Morgan fingerprint density at radius 3 is 2.60 bits per heavy atom. The number of ether oxygens (including phenoxy) is 1. The third-order valence-corrected chi connectivity index (χ3v) is 8.66. The molecule has 198 valence electrons. The number of aryl methyl sites for hydroxylation is 1. The van der Waals surface area contributed by atoms with Gasteiger partial charge in [-0.3, -0.25) is 4.79 Å². The van der Waals surface area contributed by atoms with E-state index in [1.165, 1.54) is 24.8 Å². The number of Topliss-reactive ketones (excluding diaryl/α,β-unsaturated/α-hetero) is 1. The first-order chi connectivity index (χ1) is 16.6. The van der Waals surface area contributed by atoms with Crippen LogP contribution in [0, 0.1) is 11.3 Å². The van der Waals surface area contributed by atoms with E-state index in [9.17, 15) is 4.79 Å². The highest BCUT2D eigenvalue weighted by molar-refractivity contribution is 5.82. The second-order valence-electron chi connectivity index (χ2n) is 11.9. The van der Waals surface area contributed by atoms with Crippen LogP contribution in [0.1, 0.15) is 109 Å². The van der Waals surface area contributed by atoms with Crippen molar-refractivity contribution >= 4 is 5.78 Å². The summed E-state index contributed by atoms with van der Waals surface area (Å²) >= 11 is 0. The number of rotatable bonds is 13. The van der Waals surface area contributed by atoms with Crippen molar-refractivity contribution in [2.45, 2.75) is 116 Å². The summed E-state index contributed by atoms with van der Waals surface area (Å²) in [4.78, 5) is 23.6. The quantitative estimate of drug-likeness (QED) is 0.201. The zero-order valence-electron chi connectivity index (χ0n) is 22.9. The maximum Gasteiger partial charge on any atom is 0.161 e. The van der Waals surface area contributed by atoms with Crippen LogP contribution in [0.15, 0.2) is 18.2 Å². The van der Waals surface area contributed by atoms with Gasteiger partial charge in [0.2, 0.25) is 0 Å². The minimum atomic E-state index is -0.470. The molecule has 2 aliphatic rings. The lowest BCUT2D eigenvalue weighted by Crippen LogP contribution is -2.51. The van der Waals surface area contributed by atoms with Crippen LogP contribution in [0.3, 0.4) is 0 Å². The van der Waals surface area contributed by atoms with Crippen molar-refractivity contribution in [3.05, 3.63) is 34.9 Å². The van der Waals surface area contributed by atoms with Gasteiger partial charge in [0.1, 0.15) is 12.7 Å². The van der Waals surface area contributed by atoms with Crippen molar-refractivity contribution in [2.75, 3.05) is 19.8 Å². The molecule has 5 heteroatoms. The molecule has 2 aliphatic carbocycles. The third kappa shape index (κ3) is 6.74. The Morgan fingerprint density at radius 1 is 1.11 bits per heavy atom. The lowest BCUT2D eigenvalue weighted by atomic mass is 9.50. The van der Waals surface area contributed by atoms with E-state index in [-0.39, 0.29) is 29.3 Å². The summed E-state index contributed by atoms with van der Waals surface area (Å²) in [5.74, 6) is 1.19. The number of hydrogen-bond donors (Lipinski definition) is 1. The predicted octanol–water partition coefficient (Wildman–Crippen LogP) is 6.29. The fourth-order valence-electron chi connectivity index (χ4n) is 6.57. The number of aliphatic hydroxyl groups is 1. The molecule has 0 saturated heterocycles. The Hall–Kier alpha value is -1.27. The van der Waals surface area contributed by atoms with E-state index in [0.29, 0.717) is 44.3 Å². The van der Waals surface area contributed by atoms with Crippen molar-refractivity contribution in [1.82, 2.24) is 0 Å². The zero-order valence-corrected chi connectivity index (χ0v) is 22.9. The molecule has 1 aromatic rings. The van der Waals surface area contributed by atoms with Crippen molar-refractivity contribution in [1.29, 1.82) is 0 Å². The van der Waals surface area contributed by atoms with Crippen LogP contribution in [-0.2, 0) is 31.1 Å². The van der Waals surface area contributed by atoms with Gasteiger partial charge < -0.3 is 9.84 Å². The van der Waals surface area contributed by atoms with Crippen LogP contribution < -0.4 is 0 Å². The fraction of sp³-hybridized carbons (Fsp3) is 0.767. The molecule has 1 N–H and O–H groups in total. The average Bonchev–Trinajstić information content (AvgIpc) is 2.81. The molecular formula is C30H48O5. The Kier molecular flexibility index (Phi) is 9.96. The Morgan fingerprint density at radius 2 is 1.89 bits per heavy atom. The first-order valence-electron chi connectivity index (χ1n) is 13.8. The summed E-state index contributed by atoms with van der Waals surface area (Å²) in [5, 5.41) is 8.87. The van der Waals surface area contributed by atoms with E-state index in [0.717, 1.165) is 12.8 Å². The summed E-state index contributed by atoms with van der Waals surface area (Å²) in [6, 6.07) is 7.19. The van der Waals surface area contributed by atoms with E-state index in [1.54, 1.807) is 18.1 Å². The van der Waals surface area contributed by atoms with Crippen LogP contribution in [-0.4, -0.2) is 42.9 Å². The molecule has 5 atom stereocenters. The SMILES string of the molecule is CC(COOCC1(C)CCCC2(C)c3ccc(C(C)C)cc3CCC12)OC(C)C(=O)CCCCO. The summed E-state index contributed by atoms with van der Waals surface area (Å²) in [6.07, 6.45) is 7.00. The van der Waals surface area contributed by atoms with E-state index in [1.807, 2.05) is 6.92 Å². The normalized spacial score (nSPS) is 27.8. The minimum Gasteiger partial charge on any atom is -0.396 e. The first-order valence-corrected chi connectivity index (χ1v) is 13.8. The molecule has 1 saturated carbocycles. The molecule has 35 heavy (non-hydrogen) atoms. The standard InChI is InChI=1S/C30H48O5/c1-21(2)24-11-13-26-25(18-24)12-14-28-29(5,15-9-16-30(26,28)6)20-34-33-19-22(3)35-23(4)27(32)10-7-8-17-31/h11,13,18,21-23,28,31H,7-10,12,14-17,19-20H2,1-6H3. The lowest BCUT2D eigenvalue weighted by Gasteiger charge is -2.55. The van der Waals surface area contributed by atoms with Crippen LogP contribution in [0.4, 0.5) is 0 Å². The Balaban J connectivity index is 1.52. The number of fused-ring (bicyclic) bond motifs is 3. The second kappa shape index (κ2) is 12.3. The third-order valence-electron chi connectivity index (χ3n) is 8.66. The largest absolute Gasteiger partial charge is 0.396 e. The number of carbonyl (C=O) groups excluding carboxylic acids is 1. The second-order valence-corrected chi connectivity index (χ2v) is 11.9. The van der Waals surface area contributed by atoms with Gasteiger partial charge in [-0.15, -0.1) is 0 Å². The highest BCUT2D eigenvalue weighted by Gasteiger charge is 2.52. The van der Waals surface area contributed by atoms with Crippen LogP contribution in [0.25, 0.3) is 0 Å². The van der Waals surface area contributed by atoms with Crippen LogP contribution >= 0.6 is 0 Å². The molecule has 0 spiro atoms. The molecule has 0 aromatic heterocycles. The molecule has 0 bridgehead atoms. The van der Waals surface area contributed by atoms with E-state index in [2.05, 4.69) is 45.9 Å². The number of benzene rings is 1. The van der Waals surface area contributed by atoms with Gasteiger partial charge in [-0.1, -0.05) is 52.3 Å². The predicted molar refractivity (Wildman–Crippen MR) is 140 cm³/mol. The molecule has 0 amide bonds. The summed E-state index contributed by atoms with van der Waals surface area (Å²) in [6.45, 7) is 14.1. The molecule has 0 aliphatic heterocycles. The number of unbranched alkanes of at least 4 members (excludes halogenated alkanes) is 1. The summed E-state index contributed by atoms with van der Waals surface area (Å²) in [5.41, 5.74) is 4.79. The van der Waals surface area contributed by atoms with E-state index in [4.69, 9.17) is 19.6 Å². The van der Waals surface area contributed by atoms with E-state index < -0.39 is 6.10 Å². The van der Waals surface area contributed by atoms with Gasteiger partial charge >= 0.3 is 0 Å². The lowest BCUT2D eigenvalue weighted by molar-refractivity contribution is -0.326. The van der Waals surface area contributed by atoms with Crippen molar-refractivity contribution < 1.29 is 24.4 Å². The van der Waals surface area contributed by atoms with Gasteiger partial charge in [0.25, 0.3) is 0 Å². The highest BCUT2D eigenvalue weighted by Crippen LogP contribution is 2.57. The Bertz CT molecular complexity index is 836. The molecular weight excluding hydrogens is 440 g/mol. The molecule has 1 aromatic carbocycles. The smallest absolute Gasteiger partial charge is 0.161 e. The number of hydrogen-bond acceptors (Lipinski definition) is 5. The number of ketones is 1. The zero-order chi connectivity index (χ0) is 25.6. The molecule has 0 radical (unpaired) electrons. The number of aliphatic hydroxyl groups excluding tert-OH is 1. The monoisotopic (exact) mass is 488 g/mol. The van der Waals surface area contributed by atoms with Crippen molar-refractivity contribution in [3.8, 4) is 0 Å². The van der Waals surface area contributed by atoms with Gasteiger partial charge in [-0.05, 0) is 91.7 Å². The highest BCUT2D eigenvalue weighted by atomic mass is 17.2. The summed E-state index contributed by atoms with van der Waals surface area (Å²) < 4.78 is 5.81. The topological polar surface area (TPSA) is 65.0 Å². The Labute approximate surface area is 212 Å². The van der Waals surface area contributed by atoms with Crippen molar-refractivity contribution in [2.24, 2.45) is 11.3 Å². The van der Waals surface area contributed by atoms with E-state index >= 15 is 0 Å². The molecule has 1 fully saturated rings. The van der Waals surface area contributed by atoms with Crippen molar-refractivity contribution in [3.63, 3.8) is 0 Å². The molecule has 5 nitrogen and oxygen atoms in total. The van der Waals surface area contributed by atoms with Gasteiger partial charge in [-0.25, -0.2) is 9.78 Å². The average molecular weight is 489 g/mol. The fourth-order valence-corrected chi connectivity index (χ4v) is 6.57. The van der Waals surface area contributed by atoms with Crippen LogP contribution in [0.2, 0.25) is 0 Å². The van der Waals surface area contributed by atoms with Gasteiger partial charge in [-0.2, -0.15) is 0 Å². The first kappa shape index (κ1) is 28.3. The number of carbonyl (C=O) groups is 1. The molecule has 0 heterocycles. The van der Waals surface area contributed by atoms with Gasteiger partial charge in [0.05, 0.1) is 12.7 Å².